The summed E-state index contributed by atoms with van der Waals surface area (Å²) in [5, 5.41) is 9.99. The Hall–Kier alpha value is -4.71. The SMILES string of the molecule is CN(C)c1ccc(Cc2nc3ccc(-c4ccccn4)cc3c(=O)n2-c2ccc(C(O)(C(F)(F)F)C(F)(F)F)cc2)cc1. The summed E-state index contributed by atoms with van der Waals surface area (Å²) < 4.78 is 82.0. The Labute approximate surface area is 241 Å². The second kappa shape index (κ2) is 10.8. The van der Waals surface area contributed by atoms with E-state index in [1.54, 1.807) is 42.6 Å². The van der Waals surface area contributed by atoms with E-state index in [4.69, 9.17) is 0 Å². The van der Waals surface area contributed by atoms with Crippen LogP contribution in [0.15, 0.2) is 95.9 Å². The van der Waals surface area contributed by atoms with Gasteiger partial charge in [-0.1, -0.05) is 36.4 Å². The van der Waals surface area contributed by atoms with Gasteiger partial charge < -0.3 is 10.0 Å². The Bertz CT molecular complexity index is 1800. The molecular weight excluding hydrogens is 574 g/mol. The van der Waals surface area contributed by atoms with Crippen LogP contribution in [0.25, 0.3) is 27.8 Å². The smallest absolute Gasteiger partial charge is 0.378 e. The van der Waals surface area contributed by atoms with Crippen LogP contribution < -0.4 is 10.5 Å². The number of hydrogen-bond acceptors (Lipinski definition) is 5. The first kappa shape index (κ1) is 29.8. The molecule has 0 atom stereocenters. The number of halogens is 6. The summed E-state index contributed by atoms with van der Waals surface area (Å²) >= 11 is 0. The van der Waals surface area contributed by atoms with Gasteiger partial charge in [-0.15, -0.1) is 0 Å². The topological polar surface area (TPSA) is 71.2 Å². The molecule has 0 aliphatic rings. The lowest BCUT2D eigenvalue weighted by molar-refractivity contribution is -0.376. The molecule has 0 radical (unpaired) electrons. The third-order valence-corrected chi connectivity index (χ3v) is 7.08. The first-order chi connectivity index (χ1) is 20.2. The van der Waals surface area contributed by atoms with Gasteiger partial charge in [0.05, 0.1) is 22.3 Å². The lowest BCUT2D eigenvalue weighted by atomic mass is 9.92. The lowest BCUT2D eigenvalue weighted by Gasteiger charge is -2.32. The average Bonchev–Trinajstić information content (AvgIpc) is 2.96. The van der Waals surface area contributed by atoms with Gasteiger partial charge in [-0.25, -0.2) is 4.98 Å². The number of aliphatic hydroxyl groups is 1. The summed E-state index contributed by atoms with van der Waals surface area (Å²) in [7, 11) is 3.75. The Balaban J connectivity index is 1.68. The fourth-order valence-corrected chi connectivity index (χ4v) is 4.74. The van der Waals surface area contributed by atoms with Crippen molar-refractivity contribution < 1.29 is 31.4 Å². The summed E-state index contributed by atoms with van der Waals surface area (Å²) in [5.41, 5.74) is -3.92. The molecule has 1 N–H and O–H groups in total. The summed E-state index contributed by atoms with van der Waals surface area (Å²) in [6.45, 7) is 0. The van der Waals surface area contributed by atoms with Crippen molar-refractivity contribution in [3.8, 4) is 16.9 Å². The molecule has 0 spiro atoms. The molecule has 2 aromatic heterocycles. The van der Waals surface area contributed by atoms with Crippen molar-refractivity contribution in [3.05, 3.63) is 118 Å². The number of pyridine rings is 1. The van der Waals surface area contributed by atoms with E-state index in [1.807, 2.05) is 43.3 Å². The fourth-order valence-electron chi connectivity index (χ4n) is 4.74. The number of hydrogen-bond donors (Lipinski definition) is 1. The van der Waals surface area contributed by atoms with Gasteiger partial charge >= 0.3 is 12.4 Å². The Morgan fingerprint density at radius 1 is 0.837 bits per heavy atom. The highest BCUT2D eigenvalue weighted by Crippen LogP contribution is 2.50. The van der Waals surface area contributed by atoms with Gasteiger partial charge in [0.15, 0.2) is 0 Å². The molecule has 43 heavy (non-hydrogen) atoms. The third kappa shape index (κ3) is 5.45. The molecule has 0 unspecified atom stereocenters. The van der Waals surface area contributed by atoms with E-state index < -0.39 is 29.1 Å². The van der Waals surface area contributed by atoms with E-state index in [2.05, 4.69) is 9.97 Å². The number of anilines is 1. The van der Waals surface area contributed by atoms with Gasteiger partial charge in [0, 0.05) is 43.5 Å². The highest BCUT2D eigenvalue weighted by atomic mass is 19.4. The molecule has 5 aromatic rings. The van der Waals surface area contributed by atoms with Crippen LogP contribution in [-0.2, 0) is 12.0 Å². The zero-order valence-electron chi connectivity index (χ0n) is 22.8. The molecule has 0 saturated carbocycles. The molecule has 222 valence electrons. The normalized spacial score (nSPS) is 12.5. The van der Waals surface area contributed by atoms with Crippen LogP contribution in [0.5, 0.6) is 0 Å². The van der Waals surface area contributed by atoms with Gasteiger partial charge in [0.1, 0.15) is 5.82 Å². The summed E-state index contributed by atoms with van der Waals surface area (Å²) in [6.07, 6.45) is -10.4. The minimum Gasteiger partial charge on any atom is -0.378 e. The van der Waals surface area contributed by atoms with Gasteiger partial charge in [-0.3, -0.25) is 14.3 Å². The fraction of sp³-hybridized carbons (Fsp3) is 0.194. The van der Waals surface area contributed by atoms with E-state index in [-0.39, 0.29) is 23.3 Å². The Morgan fingerprint density at radius 3 is 2.05 bits per heavy atom. The molecule has 12 heteroatoms. The maximum absolute atomic E-state index is 14.0. The van der Waals surface area contributed by atoms with Gasteiger partial charge in [0.25, 0.3) is 11.2 Å². The largest absolute Gasteiger partial charge is 0.430 e. The minimum atomic E-state index is -6.04. The average molecular weight is 599 g/mol. The van der Waals surface area contributed by atoms with Crippen molar-refractivity contribution in [2.75, 3.05) is 19.0 Å². The number of aromatic nitrogens is 3. The molecule has 5 rings (SSSR count). The van der Waals surface area contributed by atoms with E-state index in [0.29, 0.717) is 28.9 Å². The van der Waals surface area contributed by atoms with Crippen LogP contribution in [0.4, 0.5) is 32.0 Å². The Morgan fingerprint density at radius 2 is 1.49 bits per heavy atom. The highest BCUT2D eigenvalue weighted by molar-refractivity contribution is 5.83. The van der Waals surface area contributed by atoms with Crippen molar-refractivity contribution in [1.29, 1.82) is 0 Å². The molecule has 2 heterocycles. The predicted molar refractivity (Wildman–Crippen MR) is 150 cm³/mol. The molecule has 0 saturated heterocycles. The van der Waals surface area contributed by atoms with Gasteiger partial charge in [0.2, 0.25) is 0 Å². The Kier molecular flexibility index (Phi) is 7.51. The zero-order chi connectivity index (χ0) is 31.2. The molecule has 6 nitrogen and oxygen atoms in total. The van der Waals surface area contributed by atoms with Crippen molar-refractivity contribution in [2.24, 2.45) is 0 Å². The molecule has 3 aromatic carbocycles. The quantitative estimate of drug-likeness (QED) is 0.229. The minimum absolute atomic E-state index is 0.0296. The van der Waals surface area contributed by atoms with Crippen LogP contribution in [0.2, 0.25) is 0 Å². The number of alkyl halides is 6. The maximum Gasteiger partial charge on any atom is 0.430 e. The highest BCUT2D eigenvalue weighted by Gasteiger charge is 2.71. The van der Waals surface area contributed by atoms with Gasteiger partial charge in [-0.05, 0) is 54.1 Å². The number of rotatable bonds is 6. The number of fused-ring (bicyclic) bond motifs is 1. The molecule has 0 aliphatic heterocycles. The molecule has 0 fully saturated rings. The summed E-state index contributed by atoms with van der Waals surface area (Å²) in [6, 6.07) is 20.5. The lowest BCUT2D eigenvalue weighted by Crippen LogP contribution is -2.53. The predicted octanol–water partition coefficient (Wildman–Crippen LogP) is 6.42. The first-order valence-electron chi connectivity index (χ1n) is 12.9. The van der Waals surface area contributed by atoms with Crippen LogP contribution in [0.3, 0.4) is 0 Å². The first-order valence-corrected chi connectivity index (χ1v) is 12.9. The molecule has 0 bridgehead atoms. The summed E-state index contributed by atoms with van der Waals surface area (Å²) in [5.74, 6) is 0.204. The summed E-state index contributed by atoms with van der Waals surface area (Å²) in [4.78, 5) is 24.8. The van der Waals surface area contributed by atoms with Crippen molar-refractivity contribution in [3.63, 3.8) is 0 Å². The van der Waals surface area contributed by atoms with Crippen LogP contribution in [0, 0.1) is 0 Å². The van der Waals surface area contributed by atoms with Crippen LogP contribution in [-0.4, -0.2) is 46.1 Å². The van der Waals surface area contributed by atoms with Crippen LogP contribution in [0.1, 0.15) is 17.0 Å². The van der Waals surface area contributed by atoms with Crippen molar-refractivity contribution in [2.45, 2.75) is 24.4 Å². The second-order valence-corrected chi connectivity index (χ2v) is 10.1. The van der Waals surface area contributed by atoms with E-state index in [1.165, 1.54) is 0 Å². The molecule has 0 aliphatic carbocycles. The standard InChI is InChI=1S/C31H24F6N4O2/c1-40(2)22-11-6-19(7-12-22)17-27-39-26-15-8-20(25-5-3-4-16-38-25)18-24(26)28(42)41(27)23-13-9-21(10-14-23)29(43,30(32,33)34)31(35,36)37/h3-16,18,43H,17H2,1-2H3. The van der Waals surface area contributed by atoms with Crippen molar-refractivity contribution >= 4 is 16.6 Å². The van der Waals surface area contributed by atoms with Crippen molar-refractivity contribution in [1.82, 2.24) is 14.5 Å². The van der Waals surface area contributed by atoms with E-state index >= 15 is 0 Å². The molecular formula is C31H24F6N4O2. The third-order valence-electron chi connectivity index (χ3n) is 7.08. The monoisotopic (exact) mass is 598 g/mol. The number of benzene rings is 3. The zero-order valence-corrected chi connectivity index (χ0v) is 22.8. The molecule has 0 amide bonds. The van der Waals surface area contributed by atoms with E-state index in [0.717, 1.165) is 28.0 Å². The number of nitrogens with zero attached hydrogens (tertiary/aromatic N) is 4. The maximum atomic E-state index is 14.0. The van der Waals surface area contributed by atoms with Crippen LogP contribution >= 0.6 is 0 Å². The van der Waals surface area contributed by atoms with Gasteiger partial charge in [-0.2, -0.15) is 26.3 Å². The second-order valence-electron chi connectivity index (χ2n) is 10.1. The van der Waals surface area contributed by atoms with E-state index in [9.17, 15) is 36.2 Å².